The number of rotatable bonds is 4. The molecular weight excluding hydrogens is 196 g/mol. The summed E-state index contributed by atoms with van der Waals surface area (Å²) in [7, 11) is 0. The second-order valence-corrected chi connectivity index (χ2v) is 3.60. The van der Waals surface area contributed by atoms with Crippen LogP contribution in [0.4, 0.5) is 11.4 Å². The van der Waals surface area contributed by atoms with Crippen LogP contribution in [0.5, 0.6) is 0 Å². The lowest BCUT2D eigenvalue weighted by Gasteiger charge is -2.04. The van der Waals surface area contributed by atoms with Gasteiger partial charge in [-0.3, -0.25) is 10.1 Å². The molecule has 1 aliphatic heterocycles. The van der Waals surface area contributed by atoms with Crippen molar-refractivity contribution in [2.24, 2.45) is 0 Å². The molecule has 15 heavy (non-hydrogen) atoms. The zero-order valence-electron chi connectivity index (χ0n) is 8.18. The summed E-state index contributed by atoms with van der Waals surface area (Å²) in [6.45, 7) is 0.800. The van der Waals surface area contributed by atoms with Gasteiger partial charge in [-0.05, 0) is 18.4 Å². The van der Waals surface area contributed by atoms with E-state index in [-0.39, 0.29) is 11.4 Å². The van der Waals surface area contributed by atoms with E-state index in [2.05, 4.69) is 0 Å². The van der Waals surface area contributed by atoms with Crippen molar-refractivity contribution in [2.75, 3.05) is 12.3 Å². The molecule has 0 saturated carbocycles. The molecule has 0 aromatic heterocycles. The Morgan fingerprint density at radius 2 is 2.33 bits per heavy atom. The van der Waals surface area contributed by atoms with Gasteiger partial charge in [0.1, 0.15) is 5.69 Å². The molecule has 5 heteroatoms. The predicted octanol–water partition coefficient (Wildman–Crippen LogP) is 1.51. The van der Waals surface area contributed by atoms with Gasteiger partial charge in [0.15, 0.2) is 0 Å². The number of nitrogens with zero attached hydrogens (tertiary/aromatic N) is 1. The minimum atomic E-state index is -0.452. The first-order chi connectivity index (χ1) is 7.18. The van der Waals surface area contributed by atoms with Crippen LogP contribution < -0.4 is 5.73 Å². The van der Waals surface area contributed by atoms with Crippen molar-refractivity contribution < 1.29 is 9.66 Å². The highest BCUT2D eigenvalue weighted by molar-refractivity contribution is 5.63. The van der Waals surface area contributed by atoms with E-state index in [0.29, 0.717) is 6.10 Å². The third-order valence-electron chi connectivity index (χ3n) is 2.51. The minimum Gasteiger partial charge on any atom is -0.393 e. The number of hydrogen-bond donors (Lipinski definition) is 1. The first-order valence-corrected chi connectivity index (χ1v) is 4.82. The second-order valence-electron chi connectivity index (χ2n) is 3.60. The average molecular weight is 208 g/mol. The van der Waals surface area contributed by atoms with Crippen LogP contribution in [0, 0.1) is 10.1 Å². The Kier molecular flexibility index (Phi) is 2.55. The summed E-state index contributed by atoms with van der Waals surface area (Å²) < 4.78 is 5.07. The Hall–Kier alpha value is -1.62. The minimum absolute atomic E-state index is 0.00999. The molecule has 1 heterocycles. The zero-order chi connectivity index (χ0) is 10.8. The molecule has 1 saturated heterocycles. The van der Waals surface area contributed by atoms with Crippen LogP contribution in [0.1, 0.15) is 12.0 Å². The quantitative estimate of drug-likeness (QED) is 0.352. The predicted molar refractivity (Wildman–Crippen MR) is 55.6 cm³/mol. The normalized spacial score (nSPS) is 18.8. The lowest BCUT2D eigenvalue weighted by molar-refractivity contribution is -0.383. The van der Waals surface area contributed by atoms with Gasteiger partial charge in [0.25, 0.3) is 5.69 Å². The Morgan fingerprint density at radius 1 is 1.60 bits per heavy atom. The lowest BCUT2D eigenvalue weighted by Crippen LogP contribution is -2.01. The molecule has 0 amide bonds. The van der Waals surface area contributed by atoms with E-state index < -0.39 is 4.92 Å². The molecule has 1 aliphatic rings. The van der Waals surface area contributed by atoms with Crippen LogP contribution in [0.15, 0.2) is 18.2 Å². The van der Waals surface area contributed by atoms with E-state index in [1.165, 1.54) is 6.07 Å². The molecule has 1 atom stereocenters. The Morgan fingerprint density at radius 3 is 2.93 bits per heavy atom. The second kappa shape index (κ2) is 3.86. The van der Waals surface area contributed by atoms with E-state index in [9.17, 15) is 10.1 Å². The highest BCUT2D eigenvalue weighted by atomic mass is 16.6. The van der Waals surface area contributed by atoms with E-state index in [1.807, 2.05) is 6.07 Å². The number of hydrogen-bond acceptors (Lipinski definition) is 4. The number of nitro groups is 1. The standard InChI is InChI=1S/C10H12N2O3/c11-10-7(4-5-8-6-15-8)2-1-3-9(10)12(13)14/h1-3,8H,4-6,11H2. The number of benzene rings is 1. The number of anilines is 1. The highest BCUT2D eigenvalue weighted by Gasteiger charge is 2.23. The number of nitrogen functional groups attached to an aromatic ring is 1. The van der Waals surface area contributed by atoms with Crippen LogP contribution >= 0.6 is 0 Å². The number of ether oxygens (including phenoxy) is 1. The number of epoxide rings is 1. The summed E-state index contributed by atoms with van der Waals surface area (Å²) in [5.74, 6) is 0. The van der Waals surface area contributed by atoms with Gasteiger partial charge in [-0.1, -0.05) is 12.1 Å². The average Bonchev–Trinajstić information content (AvgIpc) is 2.99. The van der Waals surface area contributed by atoms with Crippen molar-refractivity contribution >= 4 is 11.4 Å². The molecular formula is C10H12N2O3. The molecule has 80 valence electrons. The fourth-order valence-electron chi connectivity index (χ4n) is 1.53. The van der Waals surface area contributed by atoms with E-state index >= 15 is 0 Å². The topological polar surface area (TPSA) is 81.7 Å². The summed E-state index contributed by atoms with van der Waals surface area (Å²) in [5.41, 5.74) is 6.81. The van der Waals surface area contributed by atoms with Gasteiger partial charge in [0, 0.05) is 6.07 Å². The van der Waals surface area contributed by atoms with Gasteiger partial charge in [-0.15, -0.1) is 0 Å². The smallest absolute Gasteiger partial charge is 0.292 e. The third kappa shape index (κ3) is 2.24. The largest absolute Gasteiger partial charge is 0.393 e. The van der Waals surface area contributed by atoms with Gasteiger partial charge < -0.3 is 10.5 Å². The lowest BCUT2D eigenvalue weighted by atomic mass is 10.1. The first-order valence-electron chi connectivity index (χ1n) is 4.82. The maximum atomic E-state index is 10.6. The van der Waals surface area contributed by atoms with Crippen molar-refractivity contribution in [3.8, 4) is 0 Å². The Bertz CT molecular complexity index is 388. The van der Waals surface area contributed by atoms with Crippen molar-refractivity contribution in [3.05, 3.63) is 33.9 Å². The van der Waals surface area contributed by atoms with Crippen molar-refractivity contribution in [2.45, 2.75) is 18.9 Å². The molecule has 2 N–H and O–H groups in total. The zero-order valence-corrected chi connectivity index (χ0v) is 8.18. The maximum Gasteiger partial charge on any atom is 0.292 e. The van der Waals surface area contributed by atoms with Crippen molar-refractivity contribution in [1.82, 2.24) is 0 Å². The van der Waals surface area contributed by atoms with E-state index in [4.69, 9.17) is 10.5 Å². The molecule has 1 unspecified atom stereocenters. The van der Waals surface area contributed by atoms with Gasteiger partial charge >= 0.3 is 0 Å². The molecule has 5 nitrogen and oxygen atoms in total. The monoisotopic (exact) mass is 208 g/mol. The molecule has 0 bridgehead atoms. The summed E-state index contributed by atoms with van der Waals surface area (Å²) in [4.78, 5) is 10.2. The molecule has 1 fully saturated rings. The van der Waals surface area contributed by atoms with Crippen LogP contribution in [-0.2, 0) is 11.2 Å². The fraction of sp³-hybridized carbons (Fsp3) is 0.400. The van der Waals surface area contributed by atoms with Crippen molar-refractivity contribution in [1.29, 1.82) is 0 Å². The van der Waals surface area contributed by atoms with Gasteiger partial charge in [-0.2, -0.15) is 0 Å². The number of nitro benzene ring substituents is 1. The molecule has 1 aromatic rings. The summed E-state index contributed by atoms with van der Waals surface area (Å²) in [5, 5.41) is 10.6. The number of para-hydroxylation sites is 1. The van der Waals surface area contributed by atoms with Crippen LogP contribution in [0.2, 0.25) is 0 Å². The first kappa shape index (κ1) is 9.92. The molecule has 0 aliphatic carbocycles. The summed E-state index contributed by atoms with van der Waals surface area (Å²) in [6, 6.07) is 4.91. The summed E-state index contributed by atoms with van der Waals surface area (Å²) in [6.07, 6.45) is 1.94. The number of nitrogens with two attached hydrogens (primary N) is 1. The van der Waals surface area contributed by atoms with Gasteiger partial charge in [-0.25, -0.2) is 0 Å². The molecule has 0 spiro atoms. The van der Waals surface area contributed by atoms with Gasteiger partial charge in [0.2, 0.25) is 0 Å². The highest BCUT2D eigenvalue weighted by Crippen LogP contribution is 2.27. The molecule has 2 rings (SSSR count). The van der Waals surface area contributed by atoms with Crippen LogP contribution in [0.3, 0.4) is 0 Å². The van der Waals surface area contributed by atoms with E-state index in [0.717, 1.165) is 25.0 Å². The SMILES string of the molecule is Nc1c(CCC2CO2)cccc1[N+](=O)[O-]. The van der Waals surface area contributed by atoms with Crippen LogP contribution in [-0.4, -0.2) is 17.6 Å². The summed E-state index contributed by atoms with van der Waals surface area (Å²) >= 11 is 0. The Balaban J connectivity index is 2.14. The van der Waals surface area contributed by atoms with Gasteiger partial charge in [0.05, 0.1) is 17.6 Å². The molecule has 0 radical (unpaired) electrons. The Labute approximate surface area is 87.0 Å². The van der Waals surface area contributed by atoms with E-state index in [1.54, 1.807) is 6.07 Å². The number of aryl methyl sites for hydroxylation is 1. The molecule has 1 aromatic carbocycles. The van der Waals surface area contributed by atoms with Crippen molar-refractivity contribution in [3.63, 3.8) is 0 Å². The van der Waals surface area contributed by atoms with Crippen LogP contribution in [0.25, 0.3) is 0 Å². The third-order valence-corrected chi connectivity index (χ3v) is 2.51. The maximum absolute atomic E-state index is 10.6. The fourth-order valence-corrected chi connectivity index (χ4v) is 1.53.